The number of halogens is 1. The van der Waals surface area contributed by atoms with E-state index >= 15 is 0 Å². The first-order chi connectivity index (χ1) is 5.74. The second-order valence-electron chi connectivity index (χ2n) is 2.35. The molecule has 2 nitrogen and oxygen atoms in total. The fourth-order valence-corrected chi connectivity index (χ4v) is 1.97. The molecule has 0 bridgehead atoms. The van der Waals surface area contributed by atoms with Crippen LogP contribution in [0.1, 0.15) is 5.56 Å². The third-order valence-corrected chi connectivity index (χ3v) is 2.85. The van der Waals surface area contributed by atoms with Crippen LogP contribution >= 0.6 is 27.7 Å². The van der Waals surface area contributed by atoms with Crippen LogP contribution in [0.5, 0.6) is 0 Å². The molecule has 0 aliphatic rings. The lowest BCUT2D eigenvalue weighted by Gasteiger charge is -2.02. The van der Waals surface area contributed by atoms with E-state index < -0.39 is 0 Å². The molecule has 0 saturated carbocycles. The third kappa shape index (κ3) is 2.77. The Morgan fingerprint density at radius 3 is 3.00 bits per heavy atom. The first kappa shape index (κ1) is 10.0. The maximum absolute atomic E-state index is 8.62. The Morgan fingerprint density at radius 1 is 1.67 bits per heavy atom. The molecule has 0 fully saturated rings. The number of pyridine rings is 1. The van der Waals surface area contributed by atoms with Crippen molar-refractivity contribution in [2.24, 2.45) is 0 Å². The van der Waals surface area contributed by atoms with Crippen LogP contribution in [-0.4, -0.2) is 22.5 Å². The van der Waals surface area contributed by atoms with Crippen LogP contribution in [0.3, 0.4) is 0 Å². The Hall–Kier alpha value is -0.0600. The van der Waals surface area contributed by atoms with Crippen LogP contribution in [0.25, 0.3) is 0 Å². The van der Waals surface area contributed by atoms with E-state index in [1.54, 1.807) is 18.0 Å². The number of hydrogen-bond acceptors (Lipinski definition) is 3. The Kier molecular flexibility index (Phi) is 4.05. The summed E-state index contributed by atoms with van der Waals surface area (Å²) >= 11 is 4.92. The van der Waals surface area contributed by atoms with E-state index in [-0.39, 0.29) is 6.61 Å². The van der Waals surface area contributed by atoms with Crippen molar-refractivity contribution in [2.45, 2.75) is 11.9 Å². The van der Waals surface area contributed by atoms with Crippen LogP contribution in [0.15, 0.2) is 21.8 Å². The Morgan fingerprint density at radius 2 is 2.42 bits per heavy atom. The quantitative estimate of drug-likeness (QED) is 0.833. The van der Waals surface area contributed by atoms with Crippen LogP contribution in [0.4, 0.5) is 0 Å². The minimum Gasteiger partial charge on any atom is -0.396 e. The van der Waals surface area contributed by atoms with Crippen molar-refractivity contribution in [1.29, 1.82) is 0 Å². The van der Waals surface area contributed by atoms with Gasteiger partial charge in [0.2, 0.25) is 0 Å². The van der Waals surface area contributed by atoms with Gasteiger partial charge >= 0.3 is 0 Å². The molecule has 1 aromatic rings. The molecule has 0 atom stereocenters. The van der Waals surface area contributed by atoms with Crippen molar-refractivity contribution in [3.63, 3.8) is 0 Å². The van der Waals surface area contributed by atoms with E-state index in [0.717, 1.165) is 15.1 Å². The summed E-state index contributed by atoms with van der Waals surface area (Å²) in [5, 5.41) is 9.61. The average molecular weight is 248 g/mol. The topological polar surface area (TPSA) is 33.1 Å². The van der Waals surface area contributed by atoms with Crippen molar-refractivity contribution in [1.82, 2.24) is 4.98 Å². The smallest absolute Gasteiger partial charge is 0.0990 e. The molecule has 0 aliphatic carbocycles. The normalized spacial score (nSPS) is 10.2. The number of aliphatic hydroxyl groups is 1. The largest absolute Gasteiger partial charge is 0.396 e. The van der Waals surface area contributed by atoms with E-state index in [1.165, 1.54) is 0 Å². The van der Waals surface area contributed by atoms with E-state index in [2.05, 4.69) is 20.9 Å². The predicted octanol–water partition coefficient (Wildman–Crippen LogP) is 2.24. The summed E-state index contributed by atoms with van der Waals surface area (Å²) in [6.07, 6.45) is 1.77. The van der Waals surface area contributed by atoms with E-state index in [4.69, 9.17) is 5.11 Å². The van der Waals surface area contributed by atoms with Gasteiger partial charge in [-0.05, 0) is 34.5 Å². The highest BCUT2D eigenvalue weighted by atomic mass is 79.9. The lowest BCUT2D eigenvalue weighted by atomic mass is 10.3. The molecule has 0 amide bonds. The minimum absolute atomic E-state index is 0.196. The van der Waals surface area contributed by atoms with Crippen LogP contribution < -0.4 is 0 Å². The molecule has 1 aromatic heterocycles. The monoisotopic (exact) mass is 247 g/mol. The van der Waals surface area contributed by atoms with E-state index in [0.29, 0.717) is 5.75 Å². The van der Waals surface area contributed by atoms with Crippen molar-refractivity contribution < 1.29 is 5.11 Å². The Balaban J connectivity index is 2.72. The lowest BCUT2D eigenvalue weighted by molar-refractivity contribution is 0.322. The molecule has 66 valence electrons. The van der Waals surface area contributed by atoms with Gasteiger partial charge in [0.15, 0.2) is 0 Å². The van der Waals surface area contributed by atoms with Crippen LogP contribution in [0.2, 0.25) is 0 Å². The zero-order valence-electron chi connectivity index (χ0n) is 6.75. The van der Waals surface area contributed by atoms with E-state index in [1.807, 2.05) is 13.0 Å². The number of rotatable bonds is 3. The fraction of sp³-hybridized carbons (Fsp3) is 0.375. The van der Waals surface area contributed by atoms with Gasteiger partial charge in [-0.3, -0.25) is 0 Å². The van der Waals surface area contributed by atoms with Gasteiger partial charge in [-0.1, -0.05) is 0 Å². The van der Waals surface area contributed by atoms with Gasteiger partial charge < -0.3 is 5.11 Å². The second-order valence-corrected chi connectivity index (χ2v) is 4.35. The predicted molar refractivity (Wildman–Crippen MR) is 54.5 cm³/mol. The highest BCUT2D eigenvalue weighted by Crippen LogP contribution is 2.21. The Labute approximate surface area is 84.5 Å². The summed E-state index contributed by atoms with van der Waals surface area (Å²) in [6.45, 7) is 2.21. The average Bonchev–Trinajstić information content (AvgIpc) is 2.03. The highest BCUT2D eigenvalue weighted by molar-refractivity contribution is 9.10. The van der Waals surface area contributed by atoms with Gasteiger partial charge in [0.05, 0.1) is 11.6 Å². The molecule has 0 saturated heterocycles. The molecule has 1 rings (SSSR count). The molecule has 1 heterocycles. The maximum Gasteiger partial charge on any atom is 0.0990 e. The van der Waals surface area contributed by atoms with Crippen molar-refractivity contribution in [3.8, 4) is 0 Å². The minimum atomic E-state index is 0.196. The van der Waals surface area contributed by atoms with Crippen molar-refractivity contribution >= 4 is 27.7 Å². The van der Waals surface area contributed by atoms with Crippen LogP contribution in [0, 0.1) is 6.92 Å². The molecule has 0 aliphatic heterocycles. The molecule has 12 heavy (non-hydrogen) atoms. The van der Waals surface area contributed by atoms with Gasteiger partial charge in [0.25, 0.3) is 0 Å². The molecule has 4 heteroatoms. The summed E-state index contributed by atoms with van der Waals surface area (Å²) in [5.41, 5.74) is 1.14. The maximum atomic E-state index is 8.62. The molecule has 0 spiro atoms. The van der Waals surface area contributed by atoms with Gasteiger partial charge in [-0.25, -0.2) is 4.98 Å². The van der Waals surface area contributed by atoms with Crippen LogP contribution in [-0.2, 0) is 0 Å². The van der Waals surface area contributed by atoms with E-state index in [9.17, 15) is 0 Å². The fourth-order valence-electron chi connectivity index (χ4n) is 0.821. The molecular weight excluding hydrogens is 238 g/mol. The lowest BCUT2D eigenvalue weighted by Crippen LogP contribution is -1.90. The zero-order chi connectivity index (χ0) is 8.97. The second kappa shape index (κ2) is 4.84. The Bertz CT molecular complexity index is 267. The number of aryl methyl sites for hydroxylation is 1. The summed E-state index contributed by atoms with van der Waals surface area (Å²) in [4.78, 5) is 4.22. The standard InChI is InChI=1S/C8H10BrNOS/c1-6-4-7(9)5-10-8(6)12-3-2-11/h4-5,11H,2-3H2,1H3. The summed E-state index contributed by atoms with van der Waals surface area (Å²) in [5.74, 6) is 0.704. The number of thioether (sulfide) groups is 1. The number of aliphatic hydroxyl groups excluding tert-OH is 1. The molecule has 0 radical (unpaired) electrons. The van der Waals surface area contributed by atoms with Gasteiger partial charge in [-0.15, -0.1) is 11.8 Å². The zero-order valence-corrected chi connectivity index (χ0v) is 9.15. The molecule has 0 aromatic carbocycles. The SMILES string of the molecule is Cc1cc(Br)cnc1SCCO. The summed E-state index contributed by atoms with van der Waals surface area (Å²) in [6, 6.07) is 2.02. The van der Waals surface area contributed by atoms with Crippen molar-refractivity contribution in [2.75, 3.05) is 12.4 Å². The molecule has 1 N–H and O–H groups in total. The third-order valence-electron chi connectivity index (χ3n) is 1.33. The number of hydrogen-bond donors (Lipinski definition) is 1. The summed E-state index contributed by atoms with van der Waals surface area (Å²) in [7, 11) is 0. The van der Waals surface area contributed by atoms with Crippen molar-refractivity contribution in [3.05, 3.63) is 22.3 Å². The van der Waals surface area contributed by atoms with Gasteiger partial charge in [-0.2, -0.15) is 0 Å². The highest BCUT2D eigenvalue weighted by Gasteiger charge is 2.00. The first-order valence-corrected chi connectivity index (χ1v) is 5.37. The first-order valence-electron chi connectivity index (χ1n) is 3.60. The van der Waals surface area contributed by atoms with Gasteiger partial charge in [0, 0.05) is 16.4 Å². The molecular formula is C8H10BrNOS. The number of nitrogens with zero attached hydrogens (tertiary/aromatic N) is 1. The molecule has 0 unspecified atom stereocenters. The summed E-state index contributed by atoms with van der Waals surface area (Å²) < 4.78 is 0.994. The van der Waals surface area contributed by atoms with Gasteiger partial charge in [0.1, 0.15) is 0 Å². The number of aromatic nitrogens is 1.